The first-order valence-corrected chi connectivity index (χ1v) is 7.71. The fourth-order valence-electron chi connectivity index (χ4n) is 3.38. The Kier molecular flexibility index (Phi) is 3.33. The first-order chi connectivity index (χ1) is 11.2. The maximum absolute atomic E-state index is 12.6. The Hall–Kier alpha value is -2.35. The molecule has 4 heterocycles. The second-order valence-corrected chi connectivity index (χ2v) is 6.28. The van der Waals surface area contributed by atoms with Gasteiger partial charge in [0.25, 0.3) is 5.91 Å². The van der Waals surface area contributed by atoms with E-state index < -0.39 is 0 Å². The third-order valence-corrected chi connectivity index (χ3v) is 4.65. The number of hydrogen-bond acceptors (Lipinski definition) is 6. The summed E-state index contributed by atoms with van der Waals surface area (Å²) in [5, 5.41) is 7.70. The minimum absolute atomic E-state index is 0.0780. The molecule has 2 atom stereocenters. The van der Waals surface area contributed by atoms with Crippen molar-refractivity contribution < 1.29 is 9.53 Å². The van der Waals surface area contributed by atoms with Gasteiger partial charge in [0, 0.05) is 19.2 Å². The molecule has 1 amide bonds. The lowest BCUT2D eigenvalue weighted by Gasteiger charge is -2.23. The standard InChI is InChI=1S/C15H18N6O2/c1-11-5-17-13(6-16-11)14(22)20-3-2-15(8-20)4-12(7-23-15)21-9-18-19-10-21/h5-6,9-10,12H,2-4,7-8H2,1H3. The van der Waals surface area contributed by atoms with E-state index in [1.54, 1.807) is 18.9 Å². The van der Waals surface area contributed by atoms with Gasteiger partial charge in [-0.15, -0.1) is 10.2 Å². The number of aromatic nitrogens is 5. The van der Waals surface area contributed by atoms with E-state index in [9.17, 15) is 4.79 Å². The molecule has 0 N–H and O–H groups in total. The van der Waals surface area contributed by atoms with Crippen LogP contribution < -0.4 is 0 Å². The molecule has 120 valence electrons. The summed E-state index contributed by atoms with van der Waals surface area (Å²) in [6.07, 6.45) is 8.30. The normalized spacial score (nSPS) is 27.0. The molecule has 2 aromatic rings. The van der Waals surface area contributed by atoms with Gasteiger partial charge in [-0.1, -0.05) is 0 Å². The first-order valence-electron chi connectivity index (χ1n) is 7.71. The Morgan fingerprint density at radius 3 is 2.87 bits per heavy atom. The van der Waals surface area contributed by atoms with Crippen molar-refractivity contribution in [2.45, 2.75) is 31.4 Å². The number of nitrogens with zero attached hydrogens (tertiary/aromatic N) is 6. The summed E-state index contributed by atoms with van der Waals surface area (Å²) in [5.41, 5.74) is 0.930. The minimum atomic E-state index is -0.261. The van der Waals surface area contributed by atoms with E-state index in [-0.39, 0.29) is 17.6 Å². The van der Waals surface area contributed by atoms with E-state index in [1.807, 2.05) is 16.4 Å². The quantitative estimate of drug-likeness (QED) is 0.808. The zero-order chi connectivity index (χ0) is 15.9. The van der Waals surface area contributed by atoms with Crippen molar-refractivity contribution in [1.29, 1.82) is 0 Å². The van der Waals surface area contributed by atoms with Gasteiger partial charge in [-0.25, -0.2) is 4.98 Å². The molecule has 0 saturated carbocycles. The Morgan fingerprint density at radius 2 is 2.13 bits per heavy atom. The molecule has 2 aromatic heterocycles. The van der Waals surface area contributed by atoms with Crippen molar-refractivity contribution in [3.05, 3.63) is 36.4 Å². The molecule has 2 aliphatic heterocycles. The Morgan fingerprint density at radius 1 is 1.30 bits per heavy atom. The van der Waals surface area contributed by atoms with Crippen LogP contribution in [0.4, 0.5) is 0 Å². The predicted molar refractivity (Wildman–Crippen MR) is 79.6 cm³/mol. The van der Waals surface area contributed by atoms with E-state index in [0.717, 1.165) is 18.5 Å². The van der Waals surface area contributed by atoms with E-state index in [2.05, 4.69) is 20.2 Å². The van der Waals surface area contributed by atoms with Crippen molar-refractivity contribution in [2.75, 3.05) is 19.7 Å². The maximum atomic E-state index is 12.6. The number of ether oxygens (including phenoxy) is 1. The van der Waals surface area contributed by atoms with Crippen LogP contribution in [0.2, 0.25) is 0 Å². The van der Waals surface area contributed by atoms with Crippen molar-refractivity contribution in [1.82, 2.24) is 29.6 Å². The molecule has 0 bridgehead atoms. The molecule has 8 nitrogen and oxygen atoms in total. The van der Waals surface area contributed by atoms with Gasteiger partial charge in [0.15, 0.2) is 0 Å². The molecule has 0 aromatic carbocycles. The maximum Gasteiger partial charge on any atom is 0.274 e. The average Bonchev–Trinajstić information content (AvgIpc) is 3.29. The largest absolute Gasteiger partial charge is 0.371 e. The Balaban J connectivity index is 1.45. The SMILES string of the molecule is Cc1cnc(C(=O)N2CCC3(CC(n4cnnc4)CO3)C2)cn1. The third-order valence-electron chi connectivity index (χ3n) is 4.65. The number of likely N-dealkylation sites (tertiary alicyclic amines) is 1. The van der Waals surface area contributed by atoms with E-state index >= 15 is 0 Å². The number of amides is 1. The predicted octanol–water partition coefficient (Wildman–Crippen LogP) is 0.623. The van der Waals surface area contributed by atoms with Gasteiger partial charge < -0.3 is 14.2 Å². The molecule has 0 aliphatic carbocycles. The summed E-state index contributed by atoms with van der Waals surface area (Å²) in [4.78, 5) is 22.7. The molecule has 2 saturated heterocycles. The third kappa shape index (κ3) is 2.59. The van der Waals surface area contributed by atoms with Crippen LogP contribution in [0.15, 0.2) is 25.0 Å². The van der Waals surface area contributed by atoms with Crippen molar-refractivity contribution in [3.63, 3.8) is 0 Å². The number of hydrogen-bond donors (Lipinski definition) is 0. The van der Waals surface area contributed by atoms with Crippen LogP contribution in [-0.2, 0) is 4.74 Å². The van der Waals surface area contributed by atoms with Crippen LogP contribution >= 0.6 is 0 Å². The second-order valence-electron chi connectivity index (χ2n) is 6.28. The second kappa shape index (κ2) is 5.38. The highest BCUT2D eigenvalue weighted by molar-refractivity contribution is 5.92. The Bertz CT molecular complexity index is 701. The fourth-order valence-corrected chi connectivity index (χ4v) is 3.38. The van der Waals surface area contributed by atoms with Gasteiger partial charge >= 0.3 is 0 Å². The zero-order valence-electron chi connectivity index (χ0n) is 12.9. The molecule has 4 rings (SSSR count). The summed E-state index contributed by atoms with van der Waals surface area (Å²) in [5.74, 6) is -0.0780. The van der Waals surface area contributed by atoms with Gasteiger partial charge in [-0.05, 0) is 13.3 Å². The molecule has 2 fully saturated rings. The van der Waals surface area contributed by atoms with Crippen LogP contribution in [0.5, 0.6) is 0 Å². The molecule has 0 radical (unpaired) electrons. The highest BCUT2D eigenvalue weighted by atomic mass is 16.5. The number of carbonyl (C=O) groups excluding carboxylic acids is 1. The van der Waals surface area contributed by atoms with Crippen LogP contribution in [-0.4, -0.2) is 60.8 Å². The fraction of sp³-hybridized carbons (Fsp3) is 0.533. The molecular formula is C15H18N6O2. The topological polar surface area (TPSA) is 86.0 Å². The summed E-state index contributed by atoms with van der Waals surface area (Å²) in [7, 11) is 0. The Labute approximate surface area is 133 Å². The van der Waals surface area contributed by atoms with Crippen molar-refractivity contribution >= 4 is 5.91 Å². The first kappa shape index (κ1) is 14.3. The number of carbonyl (C=O) groups is 1. The summed E-state index contributed by atoms with van der Waals surface area (Å²) in [6.45, 7) is 3.76. The van der Waals surface area contributed by atoms with Gasteiger partial charge in [0.05, 0.1) is 36.7 Å². The summed E-state index contributed by atoms with van der Waals surface area (Å²) in [6, 6.07) is 0.235. The molecule has 8 heteroatoms. The lowest BCUT2D eigenvalue weighted by molar-refractivity contribution is 0.0117. The van der Waals surface area contributed by atoms with E-state index in [4.69, 9.17) is 4.74 Å². The van der Waals surface area contributed by atoms with Gasteiger partial charge in [0.2, 0.25) is 0 Å². The summed E-state index contributed by atoms with van der Waals surface area (Å²) < 4.78 is 8.04. The van der Waals surface area contributed by atoms with E-state index in [0.29, 0.717) is 25.4 Å². The highest BCUT2D eigenvalue weighted by Crippen LogP contribution is 2.40. The van der Waals surface area contributed by atoms with E-state index in [1.165, 1.54) is 6.20 Å². The number of rotatable bonds is 2. The molecule has 23 heavy (non-hydrogen) atoms. The van der Waals surface area contributed by atoms with Crippen LogP contribution in [0.1, 0.15) is 35.1 Å². The smallest absolute Gasteiger partial charge is 0.274 e. The average molecular weight is 314 g/mol. The van der Waals surface area contributed by atoms with Gasteiger partial charge in [0.1, 0.15) is 18.3 Å². The highest BCUT2D eigenvalue weighted by Gasteiger charge is 2.47. The van der Waals surface area contributed by atoms with Gasteiger partial charge in [-0.3, -0.25) is 9.78 Å². The summed E-state index contributed by atoms with van der Waals surface area (Å²) >= 11 is 0. The number of aryl methyl sites for hydroxylation is 1. The monoisotopic (exact) mass is 314 g/mol. The lowest BCUT2D eigenvalue weighted by Crippen LogP contribution is -2.36. The molecule has 2 aliphatic rings. The zero-order valence-corrected chi connectivity index (χ0v) is 12.9. The van der Waals surface area contributed by atoms with Crippen molar-refractivity contribution in [2.24, 2.45) is 0 Å². The van der Waals surface area contributed by atoms with Crippen LogP contribution in [0, 0.1) is 6.92 Å². The minimum Gasteiger partial charge on any atom is -0.371 e. The van der Waals surface area contributed by atoms with Crippen LogP contribution in [0.3, 0.4) is 0 Å². The van der Waals surface area contributed by atoms with Gasteiger partial charge in [-0.2, -0.15) is 0 Å². The van der Waals surface area contributed by atoms with Crippen molar-refractivity contribution in [3.8, 4) is 0 Å². The lowest BCUT2D eigenvalue weighted by atomic mass is 9.97. The molecular weight excluding hydrogens is 296 g/mol. The van der Waals surface area contributed by atoms with Crippen LogP contribution in [0.25, 0.3) is 0 Å². The molecule has 2 unspecified atom stereocenters. The molecule has 1 spiro atoms.